The predicted octanol–water partition coefficient (Wildman–Crippen LogP) is 0.841. The summed E-state index contributed by atoms with van der Waals surface area (Å²) in [5, 5.41) is 10.9. The van der Waals surface area contributed by atoms with E-state index in [0.717, 1.165) is 5.56 Å². The molecule has 4 nitrogen and oxygen atoms in total. The lowest BCUT2D eigenvalue weighted by Crippen LogP contribution is -2.36. The summed E-state index contributed by atoms with van der Waals surface area (Å²) in [4.78, 5) is 11.3. The van der Waals surface area contributed by atoms with E-state index in [2.05, 4.69) is 10.1 Å². The largest absolute Gasteiger partial charge is 0.467 e. The molecule has 1 N–H and O–H groups in total. The molecule has 1 atom stereocenters. The van der Waals surface area contributed by atoms with Crippen LogP contribution in [0.4, 0.5) is 0 Å². The summed E-state index contributed by atoms with van der Waals surface area (Å²) >= 11 is 0. The SMILES string of the molecule is COC(=O)[C@@H](Cc1ccccc1)NC#N. The van der Waals surface area contributed by atoms with Gasteiger partial charge in [0.2, 0.25) is 0 Å². The topological polar surface area (TPSA) is 62.1 Å². The molecule has 0 aromatic heterocycles. The summed E-state index contributed by atoms with van der Waals surface area (Å²) in [7, 11) is 1.30. The number of nitriles is 1. The Morgan fingerprint density at radius 2 is 2.20 bits per heavy atom. The Labute approximate surface area is 88.5 Å². The second-order valence-electron chi connectivity index (χ2n) is 3.02. The molecule has 0 aliphatic rings. The molecular formula is C11H12N2O2. The van der Waals surface area contributed by atoms with E-state index in [9.17, 15) is 4.79 Å². The molecule has 0 saturated carbocycles. The Kier molecular flexibility index (Phi) is 4.17. The Balaban J connectivity index is 2.68. The minimum Gasteiger partial charge on any atom is -0.467 e. The summed E-state index contributed by atoms with van der Waals surface area (Å²) < 4.78 is 4.58. The summed E-state index contributed by atoms with van der Waals surface area (Å²) in [5.41, 5.74) is 0.982. The number of rotatable bonds is 4. The number of nitrogens with one attached hydrogen (secondary N) is 1. The molecule has 0 saturated heterocycles. The molecule has 0 fully saturated rings. The molecule has 15 heavy (non-hydrogen) atoms. The molecule has 1 aromatic carbocycles. The van der Waals surface area contributed by atoms with Crippen molar-refractivity contribution in [2.45, 2.75) is 12.5 Å². The van der Waals surface area contributed by atoms with Crippen molar-refractivity contribution in [1.82, 2.24) is 5.32 Å². The third-order valence-corrected chi connectivity index (χ3v) is 2.01. The van der Waals surface area contributed by atoms with Gasteiger partial charge in [-0.15, -0.1) is 0 Å². The number of ether oxygens (including phenoxy) is 1. The minimum atomic E-state index is -0.609. The maximum absolute atomic E-state index is 11.3. The minimum absolute atomic E-state index is 0.430. The van der Waals surface area contributed by atoms with Gasteiger partial charge in [-0.1, -0.05) is 30.3 Å². The number of carbonyl (C=O) groups excluding carboxylic acids is 1. The molecule has 1 rings (SSSR count). The van der Waals surface area contributed by atoms with Gasteiger partial charge in [0, 0.05) is 6.42 Å². The van der Waals surface area contributed by atoms with Crippen molar-refractivity contribution in [3.63, 3.8) is 0 Å². The molecular weight excluding hydrogens is 192 g/mol. The molecule has 0 heterocycles. The molecule has 0 bridgehead atoms. The van der Waals surface area contributed by atoms with E-state index in [1.54, 1.807) is 6.19 Å². The first-order chi connectivity index (χ1) is 7.27. The van der Waals surface area contributed by atoms with E-state index >= 15 is 0 Å². The first-order valence-corrected chi connectivity index (χ1v) is 4.54. The average molecular weight is 204 g/mol. The van der Waals surface area contributed by atoms with Crippen LogP contribution < -0.4 is 5.32 Å². The predicted molar refractivity (Wildman–Crippen MR) is 54.7 cm³/mol. The van der Waals surface area contributed by atoms with Crippen LogP contribution in [0.15, 0.2) is 30.3 Å². The zero-order valence-corrected chi connectivity index (χ0v) is 8.43. The monoisotopic (exact) mass is 204 g/mol. The number of methoxy groups -OCH3 is 1. The highest BCUT2D eigenvalue weighted by molar-refractivity contribution is 5.76. The number of hydrogen-bond acceptors (Lipinski definition) is 4. The van der Waals surface area contributed by atoms with Gasteiger partial charge in [0.05, 0.1) is 7.11 Å². The van der Waals surface area contributed by atoms with E-state index in [-0.39, 0.29) is 0 Å². The number of hydrogen-bond donors (Lipinski definition) is 1. The van der Waals surface area contributed by atoms with Gasteiger partial charge in [-0.05, 0) is 5.56 Å². The highest BCUT2D eigenvalue weighted by Crippen LogP contribution is 2.03. The van der Waals surface area contributed by atoms with Crippen LogP contribution >= 0.6 is 0 Å². The van der Waals surface area contributed by atoms with Crippen LogP contribution in [0.1, 0.15) is 5.56 Å². The smallest absolute Gasteiger partial charge is 0.329 e. The first kappa shape index (κ1) is 11.1. The second-order valence-corrected chi connectivity index (χ2v) is 3.02. The Morgan fingerprint density at radius 3 is 2.73 bits per heavy atom. The first-order valence-electron chi connectivity index (χ1n) is 4.54. The van der Waals surface area contributed by atoms with Gasteiger partial charge in [0.15, 0.2) is 6.19 Å². The fourth-order valence-corrected chi connectivity index (χ4v) is 1.26. The van der Waals surface area contributed by atoms with Crippen LogP contribution in [0.5, 0.6) is 0 Å². The van der Waals surface area contributed by atoms with Gasteiger partial charge in [0.25, 0.3) is 0 Å². The van der Waals surface area contributed by atoms with Crippen molar-refractivity contribution in [3.05, 3.63) is 35.9 Å². The van der Waals surface area contributed by atoms with E-state index < -0.39 is 12.0 Å². The van der Waals surface area contributed by atoms with Crippen molar-refractivity contribution in [3.8, 4) is 6.19 Å². The van der Waals surface area contributed by atoms with E-state index in [0.29, 0.717) is 6.42 Å². The van der Waals surface area contributed by atoms with Crippen LogP contribution in [-0.2, 0) is 16.0 Å². The third-order valence-electron chi connectivity index (χ3n) is 2.01. The fraction of sp³-hybridized carbons (Fsp3) is 0.273. The molecule has 0 radical (unpaired) electrons. The van der Waals surface area contributed by atoms with Crippen LogP contribution in [0.25, 0.3) is 0 Å². The second kappa shape index (κ2) is 5.66. The average Bonchev–Trinajstić information content (AvgIpc) is 2.29. The van der Waals surface area contributed by atoms with Crippen LogP contribution in [0, 0.1) is 11.5 Å². The van der Waals surface area contributed by atoms with Crippen LogP contribution in [0.3, 0.4) is 0 Å². The Morgan fingerprint density at radius 1 is 1.53 bits per heavy atom. The lowest BCUT2D eigenvalue weighted by molar-refractivity contribution is -0.142. The van der Waals surface area contributed by atoms with Gasteiger partial charge in [-0.2, -0.15) is 5.26 Å². The van der Waals surface area contributed by atoms with Gasteiger partial charge >= 0.3 is 5.97 Å². The third kappa shape index (κ3) is 3.31. The van der Waals surface area contributed by atoms with Crippen molar-refractivity contribution >= 4 is 5.97 Å². The highest BCUT2D eigenvalue weighted by Gasteiger charge is 2.18. The molecule has 4 heteroatoms. The van der Waals surface area contributed by atoms with Gasteiger partial charge in [-0.3, -0.25) is 0 Å². The lowest BCUT2D eigenvalue weighted by atomic mass is 10.1. The summed E-state index contributed by atoms with van der Waals surface area (Å²) in [6.45, 7) is 0. The number of benzene rings is 1. The van der Waals surface area contributed by atoms with Crippen molar-refractivity contribution < 1.29 is 9.53 Å². The molecule has 0 amide bonds. The number of esters is 1. The molecule has 0 unspecified atom stereocenters. The van der Waals surface area contributed by atoms with Crippen molar-refractivity contribution in [2.75, 3.05) is 7.11 Å². The number of carbonyl (C=O) groups is 1. The summed E-state index contributed by atoms with van der Waals surface area (Å²) in [5.74, 6) is -0.430. The van der Waals surface area contributed by atoms with Crippen LogP contribution in [0.2, 0.25) is 0 Å². The quantitative estimate of drug-likeness (QED) is 0.448. The van der Waals surface area contributed by atoms with Gasteiger partial charge in [-0.25, -0.2) is 4.79 Å². The van der Waals surface area contributed by atoms with Gasteiger partial charge in [0.1, 0.15) is 6.04 Å². The molecule has 78 valence electrons. The van der Waals surface area contributed by atoms with Crippen molar-refractivity contribution in [1.29, 1.82) is 5.26 Å². The molecule has 0 aliphatic heterocycles. The zero-order chi connectivity index (χ0) is 11.1. The Hall–Kier alpha value is -2.02. The maximum atomic E-state index is 11.3. The fourth-order valence-electron chi connectivity index (χ4n) is 1.26. The maximum Gasteiger partial charge on any atom is 0.329 e. The zero-order valence-electron chi connectivity index (χ0n) is 8.43. The molecule has 0 aliphatic carbocycles. The molecule has 1 aromatic rings. The lowest BCUT2D eigenvalue weighted by Gasteiger charge is -2.12. The summed E-state index contributed by atoms with van der Waals surface area (Å²) in [6.07, 6.45) is 2.20. The van der Waals surface area contributed by atoms with Gasteiger partial charge < -0.3 is 10.1 Å². The van der Waals surface area contributed by atoms with E-state index in [4.69, 9.17) is 5.26 Å². The standard InChI is InChI=1S/C11H12N2O2/c1-15-11(14)10(13-8-12)7-9-5-3-2-4-6-9/h2-6,10,13H,7H2,1H3/t10-/m1/s1. The molecule has 0 spiro atoms. The number of nitrogens with zero attached hydrogens (tertiary/aromatic N) is 1. The highest BCUT2D eigenvalue weighted by atomic mass is 16.5. The Bertz CT molecular complexity index is 357. The normalized spacial score (nSPS) is 11.2. The van der Waals surface area contributed by atoms with Crippen molar-refractivity contribution in [2.24, 2.45) is 0 Å². The summed E-state index contributed by atoms with van der Waals surface area (Å²) in [6, 6.07) is 8.85. The van der Waals surface area contributed by atoms with E-state index in [1.807, 2.05) is 30.3 Å². The van der Waals surface area contributed by atoms with E-state index in [1.165, 1.54) is 7.11 Å². The van der Waals surface area contributed by atoms with Crippen LogP contribution in [-0.4, -0.2) is 19.1 Å².